The van der Waals surface area contributed by atoms with Gasteiger partial charge in [0.1, 0.15) is 24.9 Å². The van der Waals surface area contributed by atoms with E-state index < -0.39 is 36.0 Å². The quantitative estimate of drug-likeness (QED) is 0.258. The number of esters is 1. The second kappa shape index (κ2) is 12.0. The number of thiocarbonyl (C=S) groups is 1. The molecule has 2 aliphatic rings. The summed E-state index contributed by atoms with van der Waals surface area (Å²) in [5, 5.41) is -0.0368. The number of benzene rings is 3. The SMILES string of the molecule is CC(=O)OC[C@]12OC(=S)O[C@H]1[C@H](OCc1ccccc1)[C@@H](OCc1ccccc1)[C@@H]2OCc1ccccc1. The summed E-state index contributed by atoms with van der Waals surface area (Å²) in [4.78, 5) is 11.9. The lowest BCUT2D eigenvalue weighted by Gasteiger charge is -2.32. The molecule has 3 aromatic carbocycles. The fourth-order valence-corrected chi connectivity index (χ4v) is 5.19. The van der Waals surface area contributed by atoms with Gasteiger partial charge in [-0.05, 0) is 16.7 Å². The highest BCUT2D eigenvalue weighted by atomic mass is 32.1. The van der Waals surface area contributed by atoms with Crippen molar-refractivity contribution >= 4 is 23.4 Å². The Bertz CT molecular complexity index is 1210. The molecule has 0 radical (unpaired) electrons. The van der Waals surface area contributed by atoms with Crippen LogP contribution < -0.4 is 0 Å². The molecule has 1 saturated carbocycles. The second-order valence-electron chi connectivity index (χ2n) is 9.37. The zero-order chi connectivity index (χ0) is 26.4. The van der Waals surface area contributed by atoms with Gasteiger partial charge in [0.15, 0.2) is 6.10 Å². The van der Waals surface area contributed by atoms with E-state index in [2.05, 4.69) is 0 Å². The summed E-state index contributed by atoms with van der Waals surface area (Å²) in [7, 11) is 0. The molecule has 1 heterocycles. The maximum atomic E-state index is 11.9. The van der Waals surface area contributed by atoms with Crippen molar-refractivity contribution in [3.05, 3.63) is 108 Å². The van der Waals surface area contributed by atoms with Crippen molar-refractivity contribution in [2.24, 2.45) is 0 Å². The number of hydrogen-bond acceptors (Lipinski definition) is 8. The predicted octanol–water partition coefficient (Wildman–Crippen LogP) is 4.76. The Balaban J connectivity index is 1.47. The summed E-state index contributed by atoms with van der Waals surface area (Å²) in [6.07, 6.45) is -2.64. The number of carbonyl (C=O) groups is 1. The molecular formula is C30H30O7S. The first-order chi connectivity index (χ1) is 18.5. The molecule has 0 N–H and O–H groups in total. The maximum Gasteiger partial charge on any atom is 0.353 e. The molecule has 1 aliphatic carbocycles. The Hall–Kier alpha value is -3.30. The predicted molar refractivity (Wildman–Crippen MR) is 143 cm³/mol. The first kappa shape index (κ1) is 26.3. The van der Waals surface area contributed by atoms with Crippen molar-refractivity contribution in [1.29, 1.82) is 0 Å². The average Bonchev–Trinajstić information content (AvgIpc) is 3.39. The smallest absolute Gasteiger partial charge is 0.353 e. The molecule has 8 heteroatoms. The Kier molecular flexibility index (Phi) is 8.34. The van der Waals surface area contributed by atoms with Crippen LogP contribution >= 0.6 is 12.2 Å². The largest absolute Gasteiger partial charge is 0.461 e. The second-order valence-corrected chi connectivity index (χ2v) is 9.70. The summed E-state index contributed by atoms with van der Waals surface area (Å²) in [6.45, 7) is 2.15. The fourth-order valence-electron chi connectivity index (χ4n) is 4.93. The van der Waals surface area contributed by atoms with E-state index in [-0.39, 0.29) is 18.5 Å². The minimum absolute atomic E-state index is 0.0368. The Morgan fingerprint density at radius 3 is 1.74 bits per heavy atom. The van der Waals surface area contributed by atoms with Gasteiger partial charge >= 0.3 is 11.2 Å². The average molecular weight is 535 g/mol. The molecule has 0 aromatic heterocycles. The van der Waals surface area contributed by atoms with Crippen molar-refractivity contribution in [2.75, 3.05) is 6.61 Å². The van der Waals surface area contributed by atoms with Crippen molar-refractivity contribution in [3.63, 3.8) is 0 Å². The lowest BCUT2D eigenvalue weighted by Crippen LogP contribution is -2.53. The van der Waals surface area contributed by atoms with Crippen molar-refractivity contribution in [3.8, 4) is 0 Å². The van der Waals surface area contributed by atoms with Gasteiger partial charge in [0.05, 0.1) is 19.8 Å². The number of hydrogen-bond donors (Lipinski definition) is 0. The van der Waals surface area contributed by atoms with Gasteiger partial charge in [-0.25, -0.2) is 0 Å². The molecule has 0 bridgehead atoms. The number of carbonyl (C=O) groups excluding carboxylic acids is 1. The number of rotatable bonds is 11. The molecule has 1 saturated heterocycles. The van der Waals surface area contributed by atoms with E-state index in [0.29, 0.717) is 13.2 Å². The van der Waals surface area contributed by atoms with Gasteiger partial charge < -0.3 is 28.4 Å². The summed E-state index contributed by atoms with van der Waals surface area (Å²) < 4.78 is 37.1. The number of fused-ring (bicyclic) bond motifs is 1. The minimum Gasteiger partial charge on any atom is -0.461 e. The van der Waals surface area contributed by atoms with Gasteiger partial charge in [-0.2, -0.15) is 0 Å². The van der Waals surface area contributed by atoms with E-state index in [4.69, 9.17) is 40.6 Å². The first-order valence-corrected chi connectivity index (χ1v) is 13.0. The van der Waals surface area contributed by atoms with E-state index in [1.54, 1.807) is 0 Å². The molecule has 7 nitrogen and oxygen atoms in total. The summed E-state index contributed by atoms with van der Waals surface area (Å²) in [6, 6.07) is 29.5. The molecule has 0 amide bonds. The molecule has 0 spiro atoms. The molecule has 1 aliphatic heterocycles. The van der Waals surface area contributed by atoms with Gasteiger partial charge in [0.25, 0.3) is 0 Å². The van der Waals surface area contributed by atoms with Crippen LogP contribution in [0.4, 0.5) is 0 Å². The van der Waals surface area contributed by atoms with Crippen LogP contribution in [0.15, 0.2) is 91.0 Å². The lowest BCUT2D eigenvalue weighted by molar-refractivity contribution is -0.171. The number of ether oxygens (including phenoxy) is 6. The van der Waals surface area contributed by atoms with Gasteiger partial charge in [0, 0.05) is 19.1 Å². The normalized spacial score (nSPS) is 25.9. The molecular weight excluding hydrogens is 504 g/mol. The summed E-state index contributed by atoms with van der Waals surface area (Å²) >= 11 is 5.33. The molecule has 0 unspecified atom stereocenters. The third kappa shape index (κ3) is 5.89. The third-order valence-electron chi connectivity index (χ3n) is 6.72. The van der Waals surface area contributed by atoms with Crippen LogP contribution in [0, 0.1) is 0 Å². The Labute approximate surface area is 227 Å². The molecule has 38 heavy (non-hydrogen) atoms. The van der Waals surface area contributed by atoms with Crippen molar-refractivity contribution < 1.29 is 33.2 Å². The van der Waals surface area contributed by atoms with E-state index in [9.17, 15) is 4.79 Å². The zero-order valence-corrected chi connectivity index (χ0v) is 21.9. The van der Waals surface area contributed by atoms with Crippen LogP contribution in [-0.2, 0) is 53.0 Å². The zero-order valence-electron chi connectivity index (χ0n) is 21.1. The van der Waals surface area contributed by atoms with Gasteiger partial charge in [-0.1, -0.05) is 91.0 Å². The Morgan fingerprint density at radius 2 is 1.24 bits per heavy atom. The topological polar surface area (TPSA) is 72.5 Å². The minimum atomic E-state index is -1.24. The van der Waals surface area contributed by atoms with E-state index in [1.807, 2.05) is 91.0 Å². The highest BCUT2D eigenvalue weighted by Crippen LogP contribution is 2.46. The van der Waals surface area contributed by atoms with Crippen LogP contribution in [0.5, 0.6) is 0 Å². The van der Waals surface area contributed by atoms with E-state index >= 15 is 0 Å². The third-order valence-corrected chi connectivity index (χ3v) is 6.90. The standard InChI is InChI=1S/C30H30O7S/c1-21(31)35-20-30-27(34-19-24-15-9-4-10-16-24)25(32-17-22-11-5-2-6-12-22)26(28(30)36-29(38)37-30)33-18-23-13-7-3-8-14-23/h2-16,25-28H,17-20H2,1H3/t25-,26-,27+,28+,30-/m1/s1. The molecule has 198 valence electrons. The highest BCUT2D eigenvalue weighted by molar-refractivity contribution is 7.79. The van der Waals surface area contributed by atoms with Crippen molar-refractivity contribution in [2.45, 2.75) is 56.8 Å². The van der Waals surface area contributed by atoms with Crippen LogP contribution in [0.1, 0.15) is 23.6 Å². The first-order valence-electron chi connectivity index (χ1n) is 12.5. The molecule has 3 aromatic rings. The Morgan fingerprint density at radius 1 is 0.763 bits per heavy atom. The van der Waals surface area contributed by atoms with Crippen LogP contribution in [-0.4, -0.2) is 47.8 Å². The van der Waals surface area contributed by atoms with Crippen molar-refractivity contribution in [1.82, 2.24) is 0 Å². The summed E-state index contributed by atoms with van der Waals surface area (Å²) in [5.74, 6) is -0.447. The highest BCUT2D eigenvalue weighted by Gasteiger charge is 2.70. The van der Waals surface area contributed by atoms with Gasteiger partial charge in [-0.3, -0.25) is 4.79 Å². The van der Waals surface area contributed by atoms with Crippen LogP contribution in [0.3, 0.4) is 0 Å². The molecule has 5 rings (SSSR count). The molecule has 2 fully saturated rings. The maximum absolute atomic E-state index is 11.9. The molecule has 5 atom stereocenters. The van der Waals surface area contributed by atoms with Crippen LogP contribution in [0.25, 0.3) is 0 Å². The van der Waals surface area contributed by atoms with Gasteiger partial charge in [-0.15, -0.1) is 0 Å². The fraction of sp³-hybridized carbons (Fsp3) is 0.333. The monoisotopic (exact) mass is 534 g/mol. The van der Waals surface area contributed by atoms with Crippen LogP contribution in [0.2, 0.25) is 0 Å². The van der Waals surface area contributed by atoms with E-state index in [1.165, 1.54) is 6.92 Å². The lowest BCUT2D eigenvalue weighted by atomic mass is 9.98. The summed E-state index contributed by atoms with van der Waals surface area (Å²) in [5.41, 5.74) is 1.73. The van der Waals surface area contributed by atoms with E-state index in [0.717, 1.165) is 16.7 Å². The van der Waals surface area contributed by atoms with Gasteiger partial charge in [0.2, 0.25) is 5.60 Å².